The second-order valence-corrected chi connectivity index (χ2v) is 6.52. The Hall–Kier alpha value is -1.06. The highest BCUT2D eigenvalue weighted by molar-refractivity contribution is 5.97. The van der Waals surface area contributed by atoms with Crippen LogP contribution in [0.15, 0.2) is 0 Å². The number of amides is 2. The summed E-state index contributed by atoms with van der Waals surface area (Å²) in [6.07, 6.45) is 2.48. The van der Waals surface area contributed by atoms with Gasteiger partial charge in [0.05, 0.1) is 0 Å². The highest BCUT2D eigenvalue weighted by atomic mass is 16.2. The molecule has 1 fully saturated rings. The van der Waals surface area contributed by atoms with Crippen LogP contribution in [-0.4, -0.2) is 34.8 Å². The molecule has 0 bridgehead atoms. The zero-order valence-electron chi connectivity index (χ0n) is 13.8. The fourth-order valence-corrected chi connectivity index (χ4v) is 2.84. The largest absolute Gasteiger partial charge is 0.342 e. The maximum absolute atomic E-state index is 12.7. The maximum Gasteiger partial charge on any atom is 0.246 e. The van der Waals surface area contributed by atoms with Gasteiger partial charge in [-0.15, -0.1) is 0 Å². The molecule has 0 aromatic carbocycles. The molecule has 1 saturated heterocycles. The van der Waals surface area contributed by atoms with Crippen molar-refractivity contribution in [3.63, 3.8) is 0 Å². The summed E-state index contributed by atoms with van der Waals surface area (Å²) in [5.74, 6) is 0.694. The smallest absolute Gasteiger partial charge is 0.246 e. The van der Waals surface area contributed by atoms with Crippen molar-refractivity contribution in [2.45, 2.75) is 78.9 Å². The Bertz CT molecular complexity index is 354. The van der Waals surface area contributed by atoms with Crippen molar-refractivity contribution in [2.75, 3.05) is 0 Å². The van der Waals surface area contributed by atoms with Crippen molar-refractivity contribution < 1.29 is 9.59 Å². The van der Waals surface area contributed by atoms with Crippen LogP contribution < -0.4 is 5.32 Å². The van der Waals surface area contributed by atoms with E-state index in [1.807, 2.05) is 11.8 Å². The first-order valence-corrected chi connectivity index (χ1v) is 7.95. The van der Waals surface area contributed by atoms with Crippen molar-refractivity contribution in [3.05, 3.63) is 0 Å². The molecule has 1 rings (SSSR count). The topological polar surface area (TPSA) is 49.4 Å². The Labute approximate surface area is 123 Å². The van der Waals surface area contributed by atoms with Crippen LogP contribution in [0, 0.1) is 11.8 Å². The molecule has 4 atom stereocenters. The summed E-state index contributed by atoms with van der Waals surface area (Å²) in [5, 5.41) is 2.94. The number of nitrogens with one attached hydrogen (secondary N) is 1. The van der Waals surface area contributed by atoms with Gasteiger partial charge in [0.1, 0.15) is 12.1 Å². The van der Waals surface area contributed by atoms with E-state index in [0.29, 0.717) is 12.3 Å². The van der Waals surface area contributed by atoms with Crippen LogP contribution in [0.3, 0.4) is 0 Å². The average Bonchev–Trinajstić information content (AvgIpc) is 2.39. The molecule has 0 spiro atoms. The van der Waals surface area contributed by atoms with E-state index >= 15 is 0 Å². The molecule has 0 saturated carbocycles. The fourth-order valence-electron chi connectivity index (χ4n) is 2.84. The number of nitrogens with zero attached hydrogens (tertiary/aromatic N) is 1. The third-order valence-electron chi connectivity index (χ3n) is 4.39. The number of hydrogen-bond donors (Lipinski definition) is 1. The summed E-state index contributed by atoms with van der Waals surface area (Å²) in [5.41, 5.74) is 0. The average molecular weight is 282 g/mol. The maximum atomic E-state index is 12.7. The molecule has 0 aliphatic carbocycles. The Balaban J connectivity index is 3.04. The third kappa shape index (κ3) is 3.53. The van der Waals surface area contributed by atoms with Gasteiger partial charge in [-0.1, -0.05) is 41.0 Å². The van der Waals surface area contributed by atoms with Gasteiger partial charge in [-0.3, -0.25) is 9.59 Å². The summed E-state index contributed by atoms with van der Waals surface area (Å²) in [6.45, 7) is 12.4. The Morgan fingerprint density at radius 1 is 1.10 bits per heavy atom. The van der Waals surface area contributed by atoms with E-state index in [0.717, 1.165) is 12.8 Å². The molecular weight excluding hydrogens is 252 g/mol. The van der Waals surface area contributed by atoms with E-state index in [2.05, 4.69) is 39.9 Å². The number of carbonyl (C=O) groups is 2. The van der Waals surface area contributed by atoms with Crippen LogP contribution in [0.1, 0.15) is 60.8 Å². The predicted octanol–water partition coefficient (Wildman–Crippen LogP) is 2.57. The molecule has 0 aromatic heterocycles. The quantitative estimate of drug-likeness (QED) is 0.814. The van der Waals surface area contributed by atoms with E-state index in [4.69, 9.17) is 0 Å². The lowest BCUT2D eigenvalue weighted by Crippen LogP contribution is -2.67. The lowest BCUT2D eigenvalue weighted by molar-refractivity contribution is -0.154. The van der Waals surface area contributed by atoms with Crippen LogP contribution in [0.2, 0.25) is 0 Å². The number of rotatable bonds is 6. The number of carbonyl (C=O) groups excluding carboxylic acids is 2. The SMILES string of the molecule is CCC(C)C1C(=O)NC(CC(C)C)C(=O)N1C(C)CC. The first-order chi connectivity index (χ1) is 9.33. The standard InChI is InChI=1S/C16H30N2O2/c1-7-11(5)14-15(19)17-13(9-10(3)4)16(20)18(14)12(6)8-2/h10-14H,7-9H2,1-6H3,(H,17,19). The zero-order valence-corrected chi connectivity index (χ0v) is 13.8. The third-order valence-corrected chi connectivity index (χ3v) is 4.39. The van der Waals surface area contributed by atoms with Gasteiger partial charge in [0.15, 0.2) is 0 Å². The van der Waals surface area contributed by atoms with E-state index < -0.39 is 0 Å². The van der Waals surface area contributed by atoms with Gasteiger partial charge in [-0.05, 0) is 31.6 Å². The van der Waals surface area contributed by atoms with Crippen LogP contribution in [0.4, 0.5) is 0 Å². The molecule has 1 heterocycles. The summed E-state index contributed by atoms with van der Waals surface area (Å²) < 4.78 is 0. The molecule has 4 nitrogen and oxygen atoms in total. The van der Waals surface area contributed by atoms with E-state index in [1.165, 1.54) is 0 Å². The van der Waals surface area contributed by atoms with Gasteiger partial charge in [0, 0.05) is 6.04 Å². The van der Waals surface area contributed by atoms with Gasteiger partial charge in [-0.2, -0.15) is 0 Å². The molecule has 4 heteroatoms. The number of hydrogen-bond acceptors (Lipinski definition) is 2. The molecule has 2 amide bonds. The van der Waals surface area contributed by atoms with Crippen molar-refractivity contribution >= 4 is 11.8 Å². The highest BCUT2D eigenvalue weighted by Gasteiger charge is 2.44. The van der Waals surface area contributed by atoms with Gasteiger partial charge < -0.3 is 10.2 Å². The predicted molar refractivity (Wildman–Crippen MR) is 81.2 cm³/mol. The van der Waals surface area contributed by atoms with Crippen LogP contribution in [0.5, 0.6) is 0 Å². The summed E-state index contributed by atoms with van der Waals surface area (Å²) in [6, 6.07) is -0.551. The molecule has 0 aromatic rings. The molecule has 116 valence electrons. The van der Waals surface area contributed by atoms with Gasteiger partial charge >= 0.3 is 0 Å². The first-order valence-electron chi connectivity index (χ1n) is 7.95. The Morgan fingerprint density at radius 2 is 1.70 bits per heavy atom. The van der Waals surface area contributed by atoms with Gasteiger partial charge in [0.2, 0.25) is 11.8 Å². The normalized spacial score (nSPS) is 26.6. The molecule has 1 aliphatic heterocycles. The van der Waals surface area contributed by atoms with E-state index in [-0.39, 0.29) is 35.9 Å². The summed E-state index contributed by atoms with van der Waals surface area (Å²) in [4.78, 5) is 27.1. The molecule has 20 heavy (non-hydrogen) atoms. The van der Waals surface area contributed by atoms with Crippen molar-refractivity contribution in [2.24, 2.45) is 11.8 Å². The second-order valence-electron chi connectivity index (χ2n) is 6.52. The molecular formula is C16H30N2O2. The minimum atomic E-state index is -0.350. The highest BCUT2D eigenvalue weighted by Crippen LogP contribution is 2.25. The minimum Gasteiger partial charge on any atom is -0.342 e. The Kier molecular flexibility index (Phi) is 6.03. The molecule has 1 aliphatic rings. The molecule has 4 unspecified atom stereocenters. The summed E-state index contributed by atoms with van der Waals surface area (Å²) in [7, 11) is 0. The first kappa shape index (κ1) is 17.0. The molecule has 0 radical (unpaired) electrons. The van der Waals surface area contributed by atoms with Crippen LogP contribution in [0.25, 0.3) is 0 Å². The zero-order chi connectivity index (χ0) is 15.4. The van der Waals surface area contributed by atoms with E-state index in [1.54, 1.807) is 0 Å². The van der Waals surface area contributed by atoms with Crippen molar-refractivity contribution in [1.29, 1.82) is 0 Å². The summed E-state index contributed by atoms with van der Waals surface area (Å²) >= 11 is 0. The van der Waals surface area contributed by atoms with E-state index in [9.17, 15) is 9.59 Å². The molecule has 1 N–H and O–H groups in total. The second kappa shape index (κ2) is 7.09. The van der Waals surface area contributed by atoms with Crippen molar-refractivity contribution in [1.82, 2.24) is 10.2 Å². The van der Waals surface area contributed by atoms with Gasteiger partial charge in [-0.25, -0.2) is 0 Å². The Morgan fingerprint density at radius 3 is 2.15 bits per heavy atom. The van der Waals surface area contributed by atoms with Crippen LogP contribution >= 0.6 is 0 Å². The lowest BCUT2D eigenvalue weighted by atomic mass is 9.89. The number of piperazine rings is 1. The fraction of sp³-hybridized carbons (Fsp3) is 0.875. The monoisotopic (exact) mass is 282 g/mol. The van der Waals surface area contributed by atoms with Gasteiger partial charge in [0.25, 0.3) is 0 Å². The van der Waals surface area contributed by atoms with Crippen molar-refractivity contribution in [3.8, 4) is 0 Å². The minimum absolute atomic E-state index is 0.0184. The van der Waals surface area contributed by atoms with Crippen LogP contribution in [-0.2, 0) is 9.59 Å². The lowest BCUT2D eigenvalue weighted by Gasteiger charge is -2.44.